The lowest BCUT2D eigenvalue weighted by Crippen LogP contribution is -2.31. The van der Waals surface area contributed by atoms with Crippen molar-refractivity contribution in [3.63, 3.8) is 0 Å². The zero-order valence-electron chi connectivity index (χ0n) is 16.4. The molecule has 1 amide bonds. The topological polar surface area (TPSA) is 46.3 Å². The predicted molar refractivity (Wildman–Crippen MR) is 121 cm³/mol. The number of thiazole rings is 1. The first kappa shape index (κ1) is 17.7. The van der Waals surface area contributed by atoms with Crippen LogP contribution >= 0.6 is 11.3 Å². The third-order valence-corrected chi connectivity index (χ3v) is 7.19. The number of aromatic nitrogens is 1. The molecule has 3 aromatic carbocycles. The van der Waals surface area contributed by atoms with Gasteiger partial charge in [-0.05, 0) is 41.8 Å². The number of hydrogen-bond acceptors (Lipinski definition) is 4. The van der Waals surface area contributed by atoms with Crippen molar-refractivity contribution in [1.29, 1.82) is 0 Å². The minimum atomic E-state index is 0.0739. The van der Waals surface area contributed by atoms with Crippen molar-refractivity contribution in [2.45, 2.75) is 25.3 Å². The van der Waals surface area contributed by atoms with E-state index in [4.69, 9.17) is 9.40 Å². The average Bonchev–Trinajstić information content (AvgIpc) is 3.51. The Morgan fingerprint density at radius 1 is 1.10 bits per heavy atom. The summed E-state index contributed by atoms with van der Waals surface area (Å²) in [5, 5.41) is 4.39. The monoisotopic (exact) mass is 412 g/mol. The Kier molecular flexibility index (Phi) is 4.09. The van der Waals surface area contributed by atoms with Crippen molar-refractivity contribution in [2.75, 3.05) is 6.54 Å². The molecular formula is C25H20N2O2S. The molecule has 2 aromatic heterocycles. The summed E-state index contributed by atoms with van der Waals surface area (Å²) in [6.45, 7) is 0.788. The summed E-state index contributed by atoms with van der Waals surface area (Å²) in [6.07, 6.45) is 4.09. The van der Waals surface area contributed by atoms with E-state index in [-0.39, 0.29) is 11.9 Å². The number of para-hydroxylation sites is 1. The summed E-state index contributed by atoms with van der Waals surface area (Å²) in [4.78, 5) is 20.2. The van der Waals surface area contributed by atoms with Crippen LogP contribution in [0.3, 0.4) is 0 Å². The number of benzene rings is 3. The maximum atomic E-state index is 13.4. The van der Waals surface area contributed by atoms with Crippen LogP contribution < -0.4 is 0 Å². The van der Waals surface area contributed by atoms with Gasteiger partial charge >= 0.3 is 0 Å². The Hall–Kier alpha value is -3.18. The van der Waals surface area contributed by atoms with E-state index in [1.807, 2.05) is 41.3 Å². The van der Waals surface area contributed by atoms with Crippen molar-refractivity contribution in [1.82, 2.24) is 9.88 Å². The van der Waals surface area contributed by atoms with Gasteiger partial charge in [-0.1, -0.05) is 42.5 Å². The highest BCUT2D eigenvalue weighted by molar-refractivity contribution is 7.18. The first-order valence-electron chi connectivity index (χ1n) is 10.3. The van der Waals surface area contributed by atoms with E-state index < -0.39 is 0 Å². The number of nitrogens with zero attached hydrogens (tertiary/aromatic N) is 2. The van der Waals surface area contributed by atoms with Crippen LogP contribution in [0.15, 0.2) is 71.3 Å². The zero-order chi connectivity index (χ0) is 20.1. The van der Waals surface area contributed by atoms with Gasteiger partial charge < -0.3 is 9.32 Å². The van der Waals surface area contributed by atoms with Crippen LogP contribution in [0.1, 0.15) is 29.5 Å². The summed E-state index contributed by atoms with van der Waals surface area (Å²) in [5.74, 6) is 0.146. The molecule has 0 radical (unpaired) electrons. The van der Waals surface area contributed by atoms with Gasteiger partial charge in [0, 0.05) is 17.5 Å². The fourth-order valence-electron chi connectivity index (χ4n) is 4.62. The minimum absolute atomic E-state index is 0.0739. The van der Waals surface area contributed by atoms with E-state index in [2.05, 4.69) is 24.3 Å². The van der Waals surface area contributed by atoms with Gasteiger partial charge in [0.15, 0.2) is 0 Å². The molecule has 148 valence electrons. The summed E-state index contributed by atoms with van der Waals surface area (Å²) >= 11 is 1.70. The van der Waals surface area contributed by atoms with Crippen LogP contribution in [-0.4, -0.2) is 22.3 Å². The molecule has 4 nitrogen and oxygen atoms in total. The van der Waals surface area contributed by atoms with E-state index in [0.717, 1.165) is 57.2 Å². The number of amides is 1. The van der Waals surface area contributed by atoms with Gasteiger partial charge in [-0.25, -0.2) is 4.98 Å². The largest absolute Gasteiger partial charge is 0.464 e. The predicted octanol–water partition coefficient (Wildman–Crippen LogP) is 6.10. The zero-order valence-corrected chi connectivity index (χ0v) is 17.2. The smallest absolute Gasteiger partial charge is 0.227 e. The Morgan fingerprint density at radius 3 is 2.90 bits per heavy atom. The lowest BCUT2D eigenvalue weighted by Gasteiger charge is -2.23. The molecule has 5 heteroatoms. The molecule has 1 unspecified atom stereocenters. The maximum Gasteiger partial charge on any atom is 0.227 e. The second-order valence-corrected chi connectivity index (χ2v) is 8.92. The van der Waals surface area contributed by atoms with Gasteiger partial charge in [-0.15, -0.1) is 11.3 Å². The Morgan fingerprint density at radius 2 is 1.97 bits per heavy atom. The first-order chi connectivity index (χ1) is 14.8. The quantitative estimate of drug-likeness (QED) is 0.360. The standard InChI is InChI=1S/C25H20N2O2S/c28-23(14-17-15-29-21-12-11-16-6-1-2-7-18(16)24(17)21)27-13-5-9-20(27)25-26-19-8-3-4-10-22(19)30-25/h1-4,6-8,10-12,15,20H,5,9,13-14H2. The lowest BCUT2D eigenvalue weighted by molar-refractivity contribution is -0.131. The normalized spacial score (nSPS) is 16.8. The van der Waals surface area contributed by atoms with Crippen molar-refractivity contribution in [2.24, 2.45) is 0 Å². The number of carbonyl (C=O) groups is 1. The van der Waals surface area contributed by atoms with E-state index in [0.29, 0.717) is 6.42 Å². The molecule has 1 saturated heterocycles. The Bertz CT molecular complexity index is 1370. The maximum absolute atomic E-state index is 13.4. The molecule has 0 N–H and O–H groups in total. The van der Waals surface area contributed by atoms with Crippen molar-refractivity contribution in [3.05, 3.63) is 77.5 Å². The van der Waals surface area contributed by atoms with E-state index in [1.54, 1.807) is 17.6 Å². The van der Waals surface area contributed by atoms with Crippen molar-refractivity contribution >= 4 is 49.2 Å². The van der Waals surface area contributed by atoms with Gasteiger partial charge in [0.25, 0.3) is 0 Å². The lowest BCUT2D eigenvalue weighted by atomic mass is 10.0. The number of rotatable bonds is 3. The third kappa shape index (κ3) is 2.81. The van der Waals surface area contributed by atoms with E-state index in [1.165, 1.54) is 4.70 Å². The summed E-state index contributed by atoms with van der Waals surface area (Å²) < 4.78 is 6.97. The van der Waals surface area contributed by atoms with Gasteiger partial charge in [-0.3, -0.25) is 4.79 Å². The molecular weight excluding hydrogens is 392 g/mol. The second kappa shape index (κ2) is 6.96. The number of hydrogen-bond donors (Lipinski definition) is 0. The molecule has 6 rings (SSSR count). The molecule has 1 aliphatic rings. The van der Waals surface area contributed by atoms with Crippen molar-refractivity contribution < 1.29 is 9.21 Å². The van der Waals surface area contributed by atoms with E-state index in [9.17, 15) is 4.79 Å². The van der Waals surface area contributed by atoms with Crippen LogP contribution in [0, 0.1) is 0 Å². The molecule has 30 heavy (non-hydrogen) atoms. The second-order valence-electron chi connectivity index (χ2n) is 7.86. The first-order valence-corrected chi connectivity index (χ1v) is 11.1. The molecule has 0 bridgehead atoms. The number of carbonyl (C=O) groups excluding carboxylic acids is 1. The molecule has 3 heterocycles. The van der Waals surface area contributed by atoms with Crippen LogP contribution in [0.2, 0.25) is 0 Å². The highest BCUT2D eigenvalue weighted by atomic mass is 32.1. The van der Waals surface area contributed by atoms with Crippen LogP contribution in [0.25, 0.3) is 32.0 Å². The van der Waals surface area contributed by atoms with Crippen LogP contribution in [-0.2, 0) is 11.2 Å². The van der Waals surface area contributed by atoms with Gasteiger partial charge in [0.1, 0.15) is 10.6 Å². The fraction of sp³-hybridized carbons (Fsp3) is 0.200. The molecule has 1 aliphatic heterocycles. The highest BCUT2D eigenvalue weighted by Crippen LogP contribution is 2.37. The number of furan rings is 1. The van der Waals surface area contributed by atoms with E-state index >= 15 is 0 Å². The van der Waals surface area contributed by atoms with Crippen LogP contribution in [0.4, 0.5) is 0 Å². The molecule has 5 aromatic rings. The SMILES string of the molecule is O=C(Cc1coc2ccc3ccccc3c12)N1CCCC1c1nc2ccccc2s1. The fourth-order valence-corrected chi connectivity index (χ4v) is 5.74. The highest BCUT2D eigenvalue weighted by Gasteiger charge is 2.32. The summed E-state index contributed by atoms with van der Waals surface area (Å²) in [5.41, 5.74) is 2.81. The van der Waals surface area contributed by atoms with Gasteiger partial charge in [0.2, 0.25) is 5.91 Å². The Labute approximate surface area is 177 Å². The van der Waals surface area contributed by atoms with Gasteiger partial charge in [0.05, 0.1) is 28.9 Å². The molecule has 0 saturated carbocycles. The minimum Gasteiger partial charge on any atom is -0.464 e. The molecule has 0 aliphatic carbocycles. The Balaban J connectivity index is 1.33. The average molecular weight is 413 g/mol. The molecule has 0 spiro atoms. The van der Waals surface area contributed by atoms with Gasteiger partial charge in [-0.2, -0.15) is 0 Å². The third-order valence-electron chi connectivity index (χ3n) is 6.05. The summed E-state index contributed by atoms with van der Waals surface area (Å²) in [6, 6.07) is 20.6. The summed E-state index contributed by atoms with van der Waals surface area (Å²) in [7, 11) is 0. The molecule has 1 atom stereocenters. The molecule has 1 fully saturated rings. The number of fused-ring (bicyclic) bond motifs is 4. The van der Waals surface area contributed by atoms with Crippen LogP contribution in [0.5, 0.6) is 0 Å². The number of likely N-dealkylation sites (tertiary alicyclic amines) is 1. The van der Waals surface area contributed by atoms with Crippen molar-refractivity contribution in [3.8, 4) is 0 Å².